The van der Waals surface area contributed by atoms with E-state index in [1.807, 2.05) is 30.3 Å². The lowest BCUT2D eigenvalue weighted by Crippen LogP contribution is -2.24. The summed E-state index contributed by atoms with van der Waals surface area (Å²) in [5, 5.41) is 12.4. The van der Waals surface area contributed by atoms with Gasteiger partial charge in [0.15, 0.2) is 0 Å². The van der Waals surface area contributed by atoms with Crippen molar-refractivity contribution in [1.82, 2.24) is 15.5 Å². The van der Waals surface area contributed by atoms with Crippen molar-refractivity contribution in [2.24, 2.45) is 0 Å². The number of anilines is 1. The molecule has 0 unspecified atom stereocenters. The van der Waals surface area contributed by atoms with Crippen LogP contribution in [0.4, 0.5) is 5.69 Å². The van der Waals surface area contributed by atoms with Gasteiger partial charge in [0.1, 0.15) is 0 Å². The molecule has 0 bridgehead atoms. The topological polar surface area (TPSA) is 69.8 Å². The van der Waals surface area contributed by atoms with Crippen molar-refractivity contribution in [2.75, 3.05) is 18.9 Å². The molecule has 0 aliphatic heterocycles. The van der Waals surface area contributed by atoms with E-state index >= 15 is 0 Å². The number of nitrogens with zero attached hydrogens (tertiary/aromatic N) is 1. The highest BCUT2D eigenvalue weighted by atomic mass is 16.1. The molecular weight excluding hydrogens is 216 g/mol. The number of H-pyrrole nitrogens is 1. The molecular formula is C12H14N4O. The van der Waals surface area contributed by atoms with Gasteiger partial charge in [0.2, 0.25) is 5.91 Å². The number of carbonyl (C=O) groups is 1. The third kappa shape index (κ3) is 2.92. The van der Waals surface area contributed by atoms with E-state index in [1.54, 1.807) is 13.2 Å². The number of carbonyl (C=O) groups excluding carboxylic acids is 1. The molecule has 2 rings (SSSR count). The second-order valence-corrected chi connectivity index (χ2v) is 3.63. The number of hydrogen-bond donors (Lipinski definition) is 3. The van der Waals surface area contributed by atoms with Gasteiger partial charge in [0.25, 0.3) is 0 Å². The summed E-state index contributed by atoms with van der Waals surface area (Å²) in [6.07, 6.45) is 1.70. The van der Waals surface area contributed by atoms with Crippen molar-refractivity contribution in [2.45, 2.75) is 0 Å². The van der Waals surface area contributed by atoms with Crippen molar-refractivity contribution < 1.29 is 4.79 Å². The van der Waals surface area contributed by atoms with Gasteiger partial charge in [-0.05, 0) is 25.2 Å². The van der Waals surface area contributed by atoms with Crippen molar-refractivity contribution in [3.8, 4) is 11.3 Å². The maximum atomic E-state index is 11.4. The van der Waals surface area contributed by atoms with Crippen LogP contribution in [0.25, 0.3) is 11.3 Å². The van der Waals surface area contributed by atoms with Crippen molar-refractivity contribution in [3.63, 3.8) is 0 Å². The molecule has 1 heterocycles. The molecule has 0 aliphatic carbocycles. The third-order valence-electron chi connectivity index (χ3n) is 2.30. The Hall–Kier alpha value is -2.14. The van der Waals surface area contributed by atoms with Crippen molar-refractivity contribution >= 4 is 11.6 Å². The normalized spacial score (nSPS) is 10.2. The number of aromatic amines is 1. The monoisotopic (exact) mass is 230 g/mol. The van der Waals surface area contributed by atoms with Crippen LogP contribution in [-0.4, -0.2) is 29.7 Å². The molecule has 17 heavy (non-hydrogen) atoms. The summed E-state index contributed by atoms with van der Waals surface area (Å²) in [5.41, 5.74) is 2.69. The molecule has 1 aromatic heterocycles. The van der Waals surface area contributed by atoms with E-state index in [2.05, 4.69) is 20.8 Å². The molecule has 5 heteroatoms. The summed E-state index contributed by atoms with van der Waals surface area (Å²) in [7, 11) is 1.74. The Kier molecular flexibility index (Phi) is 3.52. The van der Waals surface area contributed by atoms with E-state index in [0.29, 0.717) is 6.54 Å². The Bertz CT molecular complexity index is 493. The van der Waals surface area contributed by atoms with Crippen molar-refractivity contribution in [3.05, 3.63) is 36.5 Å². The maximum absolute atomic E-state index is 11.4. The van der Waals surface area contributed by atoms with Gasteiger partial charge in [-0.15, -0.1) is 0 Å². The third-order valence-corrected chi connectivity index (χ3v) is 2.30. The highest BCUT2D eigenvalue weighted by Crippen LogP contribution is 2.19. The van der Waals surface area contributed by atoms with Crippen LogP contribution in [0, 0.1) is 0 Å². The Morgan fingerprint density at radius 1 is 1.41 bits per heavy atom. The van der Waals surface area contributed by atoms with Gasteiger partial charge in [-0.25, -0.2) is 0 Å². The van der Waals surface area contributed by atoms with Crippen LogP contribution in [0.3, 0.4) is 0 Å². The number of rotatable bonds is 4. The van der Waals surface area contributed by atoms with Gasteiger partial charge in [-0.2, -0.15) is 5.10 Å². The molecule has 0 saturated heterocycles. The fourth-order valence-corrected chi connectivity index (χ4v) is 1.55. The van der Waals surface area contributed by atoms with E-state index in [0.717, 1.165) is 16.9 Å². The van der Waals surface area contributed by atoms with Gasteiger partial charge in [0.05, 0.1) is 12.2 Å². The van der Waals surface area contributed by atoms with Crippen LogP contribution in [0.2, 0.25) is 0 Å². The Balaban J connectivity index is 2.15. The number of amides is 1. The first-order chi connectivity index (χ1) is 8.29. The Morgan fingerprint density at radius 3 is 3.00 bits per heavy atom. The summed E-state index contributed by atoms with van der Waals surface area (Å²) in [5.74, 6) is -0.0609. The standard InChI is InChI=1S/C12H14N4O/c1-13-8-12(17)15-10-4-2-3-9(7-10)11-5-6-14-16-11/h2-7,13H,8H2,1H3,(H,14,16)(H,15,17). The second-order valence-electron chi connectivity index (χ2n) is 3.63. The predicted molar refractivity (Wildman–Crippen MR) is 66.6 cm³/mol. The number of likely N-dealkylation sites (N-methyl/N-ethyl adjacent to an activating group) is 1. The van der Waals surface area contributed by atoms with E-state index in [1.165, 1.54) is 0 Å². The summed E-state index contributed by atoms with van der Waals surface area (Å²) < 4.78 is 0. The van der Waals surface area contributed by atoms with E-state index in [4.69, 9.17) is 0 Å². The molecule has 2 aromatic rings. The summed E-state index contributed by atoms with van der Waals surface area (Å²) >= 11 is 0. The maximum Gasteiger partial charge on any atom is 0.238 e. The molecule has 0 aliphatic rings. The van der Waals surface area contributed by atoms with Crippen LogP contribution >= 0.6 is 0 Å². The van der Waals surface area contributed by atoms with Gasteiger partial charge < -0.3 is 10.6 Å². The Morgan fingerprint density at radius 2 is 2.29 bits per heavy atom. The number of aromatic nitrogens is 2. The second kappa shape index (κ2) is 5.27. The highest BCUT2D eigenvalue weighted by molar-refractivity contribution is 5.92. The van der Waals surface area contributed by atoms with Gasteiger partial charge in [0, 0.05) is 17.4 Å². The SMILES string of the molecule is CNCC(=O)Nc1cccc(-c2ccn[nH]2)c1. The summed E-state index contributed by atoms with van der Waals surface area (Å²) in [6.45, 7) is 0.300. The minimum Gasteiger partial charge on any atom is -0.325 e. The molecule has 0 fully saturated rings. The zero-order chi connectivity index (χ0) is 12.1. The highest BCUT2D eigenvalue weighted by Gasteiger charge is 2.03. The lowest BCUT2D eigenvalue weighted by Gasteiger charge is -2.06. The van der Waals surface area contributed by atoms with Crippen LogP contribution in [-0.2, 0) is 4.79 Å². The minimum atomic E-state index is -0.0609. The smallest absolute Gasteiger partial charge is 0.238 e. The number of hydrogen-bond acceptors (Lipinski definition) is 3. The van der Waals surface area contributed by atoms with E-state index in [9.17, 15) is 4.79 Å². The number of nitrogens with one attached hydrogen (secondary N) is 3. The molecule has 0 atom stereocenters. The van der Waals surface area contributed by atoms with Crippen molar-refractivity contribution in [1.29, 1.82) is 0 Å². The lowest BCUT2D eigenvalue weighted by atomic mass is 10.1. The quantitative estimate of drug-likeness (QED) is 0.740. The van der Waals surface area contributed by atoms with Gasteiger partial charge in [-0.1, -0.05) is 12.1 Å². The van der Waals surface area contributed by atoms with Gasteiger partial charge >= 0.3 is 0 Å². The molecule has 1 amide bonds. The molecule has 3 N–H and O–H groups in total. The first-order valence-corrected chi connectivity index (χ1v) is 5.34. The number of benzene rings is 1. The summed E-state index contributed by atoms with van der Waals surface area (Å²) in [6, 6.07) is 9.50. The van der Waals surface area contributed by atoms with Gasteiger partial charge in [-0.3, -0.25) is 9.89 Å². The zero-order valence-corrected chi connectivity index (χ0v) is 9.53. The fourth-order valence-electron chi connectivity index (χ4n) is 1.55. The Labute approximate surface area is 99.2 Å². The average Bonchev–Trinajstić information content (AvgIpc) is 2.83. The first kappa shape index (κ1) is 11.3. The fraction of sp³-hybridized carbons (Fsp3) is 0.167. The first-order valence-electron chi connectivity index (χ1n) is 5.34. The molecule has 0 saturated carbocycles. The average molecular weight is 230 g/mol. The van der Waals surface area contributed by atoms with Crippen LogP contribution < -0.4 is 10.6 Å². The van der Waals surface area contributed by atoms with E-state index in [-0.39, 0.29) is 5.91 Å². The summed E-state index contributed by atoms with van der Waals surface area (Å²) in [4.78, 5) is 11.4. The minimum absolute atomic E-state index is 0.0609. The molecule has 0 spiro atoms. The molecule has 88 valence electrons. The van der Waals surface area contributed by atoms with E-state index < -0.39 is 0 Å². The van der Waals surface area contributed by atoms with Crippen LogP contribution in [0.15, 0.2) is 36.5 Å². The zero-order valence-electron chi connectivity index (χ0n) is 9.53. The lowest BCUT2D eigenvalue weighted by molar-refractivity contribution is -0.115. The predicted octanol–water partition coefficient (Wildman–Crippen LogP) is 1.23. The largest absolute Gasteiger partial charge is 0.325 e. The molecule has 0 radical (unpaired) electrons. The molecule has 5 nitrogen and oxygen atoms in total. The van der Waals surface area contributed by atoms with Crippen LogP contribution in [0.5, 0.6) is 0 Å². The molecule has 1 aromatic carbocycles. The van der Waals surface area contributed by atoms with Crippen LogP contribution in [0.1, 0.15) is 0 Å².